The Balaban J connectivity index is 0.000000102. The summed E-state index contributed by atoms with van der Waals surface area (Å²) in [6.07, 6.45) is 16.7. The van der Waals surface area contributed by atoms with Crippen LogP contribution in [0.2, 0.25) is 0 Å². The quantitative estimate of drug-likeness (QED) is 0.489. The van der Waals surface area contributed by atoms with Crippen molar-refractivity contribution >= 4 is 0 Å². The van der Waals surface area contributed by atoms with Gasteiger partial charge in [-0.25, -0.2) is 0 Å². The van der Waals surface area contributed by atoms with Crippen LogP contribution >= 0.6 is 0 Å². The van der Waals surface area contributed by atoms with Crippen molar-refractivity contribution in [1.82, 2.24) is 0 Å². The molecular formula is C13H18. The molecule has 0 amide bonds. The molecule has 0 heteroatoms. The maximum atomic E-state index is 2.38. The van der Waals surface area contributed by atoms with Crippen LogP contribution in [0.25, 0.3) is 0 Å². The van der Waals surface area contributed by atoms with Crippen LogP contribution in [0.15, 0.2) is 36.0 Å². The third kappa shape index (κ3) is 2.33. The lowest BCUT2D eigenvalue weighted by molar-refractivity contribution is 0.691. The maximum absolute atomic E-state index is 2.38. The molecule has 0 aromatic carbocycles. The summed E-state index contributed by atoms with van der Waals surface area (Å²) in [7, 11) is 0. The Morgan fingerprint density at radius 2 is 1.85 bits per heavy atom. The van der Waals surface area contributed by atoms with Crippen molar-refractivity contribution in [3.63, 3.8) is 0 Å². The van der Waals surface area contributed by atoms with Crippen molar-refractivity contribution in [1.29, 1.82) is 0 Å². The zero-order chi connectivity index (χ0) is 9.10. The SMILES string of the molecule is C1=CC2CCC1C2.CC1=CC=CC1. The fourth-order valence-corrected chi connectivity index (χ4v) is 2.27. The summed E-state index contributed by atoms with van der Waals surface area (Å²) in [5, 5.41) is 0. The summed E-state index contributed by atoms with van der Waals surface area (Å²) >= 11 is 0. The Kier molecular flexibility index (Phi) is 2.68. The van der Waals surface area contributed by atoms with Crippen molar-refractivity contribution in [3.8, 4) is 0 Å². The van der Waals surface area contributed by atoms with E-state index < -0.39 is 0 Å². The van der Waals surface area contributed by atoms with Crippen LogP contribution in [0.4, 0.5) is 0 Å². The van der Waals surface area contributed by atoms with Crippen LogP contribution < -0.4 is 0 Å². The monoisotopic (exact) mass is 174 g/mol. The van der Waals surface area contributed by atoms with E-state index in [1.165, 1.54) is 31.3 Å². The smallest absolute Gasteiger partial charge is 0.0135 e. The average Bonchev–Trinajstić information content (AvgIpc) is 2.80. The van der Waals surface area contributed by atoms with E-state index in [0.29, 0.717) is 0 Å². The molecule has 0 aromatic heterocycles. The lowest BCUT2D eigenvalue weighted by atomic mass is 10.1. The average molecular weight is 174 g/mol. The van der Waals surface area contributed by atoms with Crippen LogP contribution in [0.3, 0.4) is 0 Å². The minimum absolute atomic E-state index is 0.991. The highest BCUT2D eigenvalue weighted by atomic mass is 14.3. The molecule has 2 bridgehead atoms. The van der Waals surface area contributed by atoms with E-state index in [9.17, 15) is 0 Å². The molecule has 0 aliphatic heterocycles. The van der Waals surface area contributed by atoms with Gasteiger partial charge in [-0.15, -0.1) is 0 Å². The molecule has 2 atom stereocenters. The third-order valence-corrected chi connectivity index (χ3v) is 3.13. The van der Waals surface area contributed by atoms with Crippen molar-refractivity contribution in [3.05, 3.63) is 36.0 Å². The van der Waals surface area contributed by atoms with Gasteiger partial charge in [0.25, 0.3) is 0 Å². The molecule has 0 nitrogen and oxygen atoms in total. The summed E-state index contributed by atoms with van der Waals surface area (Å²) in [4.78, 5) is 0. The molecule has 0 aromatic rings. The highest BCUT2D eigenvalue weighted by molar-refractivity contribution is 5.20. The van der Waals surface area contributed by atoms with Crippen LogP contribution in [0.1, 0.15) is 32.6 Å². The zero-order valence-electron chi connectivity index (χ0n) is 8.37. The van der Waals surface area contributed by atoms with E-state index in [4.69, 9.17) is 0 Å². The van der Waals surface area contributed by atoms with Crippen LogP contribution in [0, 0.1) is 11.8 Å². The molecule has 1 fully saturated rings. The predicted octanol–water partition coefficient (Wildman–Crippen LogP) is 3.87. The van der Waals surface area contributed by atoms with Gasteiger partial charge in [0.2, 0.25) is 0 Å². The molecule has 3 aliphatic rings. The number of hydrogen-bond donors (Lipinski definition) is 0. The molecule has 1 saturated carbocycles. The lowest BCUT2D eigenvalue weighted by Crippen LogP contribution is -1.82. The van der Waals surface area contributed by atoms with E-state index in [1.807, 2.05) is 0 Å². The molecule has 0 radical (unpaired) electrons. The first-order chi connectivity index (χ1) is 6.34. The van der Waals surface area contributed by atoms with Gasteiger partial charge in [0.05, 0.1) is 0 Å². The standard InChI is InChI=1S/C7H10.C6H8/c1-2-7-4-3-6(1)5-7;1-6-4-2-3-5-6/h1-2,6-7H,3-5H2;2-4H,5H2,1H3. The first-order valence-corrected chi connectivity index (χ1v) is 5.35. The molecular weight excluding hydrogens is 156 g/mol. The largest absolute Gasteiger partial charge is 0.0851 e. The lowest BCUT2D eigenvalue weighted by Gasteiger charge is -1.96. The topological polar surface area (TPSA) is 0 Å². The van der Waals surface area contributed by atoms with E-state index in [-0.39, 0.29) is 0 Å². The molecule has 3 aliphatic carbocycles. The second kappa shape index (κ2) is 3.95. The number of allylic oxidation sites excluding steroid dienone is 6. The van der Waals surface area contributed by atoms with Gasteiger partial charge in [-0.3, -0.25) is 0 Å². The van der Waals surface area contributed by atoms with E-state index in [0.717, 1.165) is 11.8 Å². The second-order valence-electron chi connectivity index (χ2n) is 4.36. The predicted molar refractivity (Wildman–Crippen MR) is 57.5 cm³/mol. The van der Waals surface area contributed by atoms with Crippen molar-refractivity contribution in [2.45, 2.75) is 32.6 Å². The van der Waals surface area contributed by atoms with Crippen LogP contribution in [-0.2, 0) is 0 Å². The third-order valence-electron chi connectivity index (χ3n) is 3.13. The van der Waals surface area contributed by atoms with Gasteiger partial charge < -0.3 is 0 Å². The molecule has 13 heavy (non-hydrogen) atoms. The molecule has 0 spiro atoms. The maximum Gasteiger partial charge on any atom is -0.0135 e. The first-order valence-electron chi connectivity index (χ1n) is 5.35. The zero-order valence-corrected chi connectivity index (χ0v) is 8.37. The van der Waals surface area contributed by atoms with Gasteiger partial charge in [0.1, 0.15) is 0 Å². The van der Waals surface area contributed by atoms with E-state index in [1.54, 1.807) is 0 Å². The summed E-state index contributed by atoms with van der Waals surface area (Å²) < 4.78 is 0. The van der Waals surface area contributed by atoms with Gasteiger partial charge in [0, 0.05) is 0 Å². The van der Waals surface area contributed by atoms with Crippen LogP contribution in [0.5, 0.6) is 0 Å². The molecule has 0 heterocycles. The molecule has 0 saturated heterocycles. The summed E-state index contributed by atoms with van der Waals surface area (Å²) in [6, 6.07) is 0. The summed E-state index contributed by atoms with van der Waals surface area (Å²) in [6.45, 7) is 2.14. The van der Waals surface area contributed by atoms with Crippen LogP contribution in [-0.4, -0.2) is 0 Å². The van der Waals surface area contributed by atoms with Gasteiger partial charge >= 0.3 is 0 Å². The first kappa shape index (κ1) is 8.80. The Morgan fingerprint density at radius 1 is 1.15 bits per heavy atom. The second-order valence-corrected chi connectivity index (χ2v) is 4.36. The van der Waals surface area contributed by atoms with Crippen molar-refractivity contribution in [2.24, 2.45) is 11.8 Å². The fraction of sp³-hybridized carbons (Fsp3) is 0.538. The fourth-order valence-electron chi connectivity index (χ4n) is 2.27. The molecule has 3 rings (SSSR count). The molecule has 0 N–H and O–H groups in total. The molecule has 2 unspecified atom stereocenters. The summed E-state index contributed by atoms with van der Waals surface area (Å²) in [5.41, 5.74) is 1.47. The highest BCUT2D eigenvalue weighted by Gasteiger charge is 2.25. The Morgan fingerprint density at radius 3 is 2.00 bits per heavy atom. The van der Waals surface area contributed by atoms with Gasteiger partial charge in [-0.05, 0) is 44.4 Å². The molecule has 70 valence electrons. The number of fused-ring (bicyclic) bond motifs is 2. The number of hydrogen-bond acceptors (Lipinski definition) is 0. The summed E-state index contributed by atoms with van der Waals surface area (Å²) in [5.74, 6) is 1.98. The highest BCUT2D eigenvalue weighted by Crippen LogP contribution is 2.38. The van der Waals surface area contributed by atoms with Gasteiger partial charge in [0.15, 0.2) is 0 Å². The Bertz CT molecular complexity index is 243. The van der Waals surface area contributed by atoms with E-state index >= 15 is 0 Å². The minimum Gasteiger partial charge on any atom is -0.0851 e. The van der Waals surface area contributed by atoms with Gasteiger partial charge in [-0.2, -0.15) is 0 Å². The van der Waals surface area contributed by atoms with Gasteiger partial charge in [-0.1, -0.05) is 36.0 Å². The normalized spacial score (nSPS) is 33.2. The van der Waals surface area contributed by atoms with Crippen molar-refractivity contribution < 1.29 is 0 Å². The Hall–Kier alpha value is -0.780. The number of rotatable bonds is 0. The Labute approximate surface area is 81.0 Å². The van der Waals surface area contributed by atoms with E-state index in [2.05, 4.69) is 37.3 Å². The minimum atomic E-state index is 0.991. The van der Waals surface area contributed by atoms with Crippen molar-refractivity contribution in [2.75, 3.05) is 0 Å².